The third kappa shape index (κ3) is 2.01. The predicted molar refractivity (Wildman–Crippen MR) is 54.2 cm³/mol. The smallest absolute Gasteiger partial charge is 0.311 e. The van der Waals surface area contributed by atoms with Crippen molar-refractivity contribution in [1.82, 2.24) is 0 Å². The fourth-order valence-electron chi connectivity index (χ4n) is 1.85. The van der Waals surface area contributed by atoms with Crippen molar-refractivity contribution < 1.29 is 14.3 Å². The molecule has 0 spiro atoms. The Kier molecular flexibility index (Phi) is 2.47. The van der Waals surface area contributed by atoms with Gasteiger partial charge < -0.3 is 5.11 Å². The lowest BCUT2D eigenvalue weighted by atomic mass is 9.93. The number of carbonyl (C=O) groups is 1. The standard InChI is InChI=1S/C12H13FO2/c1-7-2-3-9(6-10(7)13)11(12(14)15)8-4-5-8/h2-3,6,8,11H,4-5H2,1H3,(H,14,15). The molecule has 0 amide bonds. The van der Waals surface area contributed by atoms with E-state index in [9.17, 15) is 9.18 Å². The highest BCUT2D eigenvalue weighted by Crippen LogP contribution is 2.42. The molecule has 1 aromatic rings. The molecule has 1 atom stereocenters. The molecule has 0 aliphatic heterocycles. The van der Waals surface area contributed by atoms with Crippen molar-refractivity contribution in [1.29, 1.82) is 0 Å². The van der Waals surface area contributed by atoms with E-state index in [2.05, 4.69) is 0 Å². The third-order valence-electron chi connectivity index (χ3n) is 2.91. The molecule has 0 aromatic heterocycles. The summed E-state index contributed by atoms with van der Waals surface area (Å²) in [5, 5.41) is 9.07. The summed E-state index contributed by atoms with van der Waals surface area (Å²) in [6, 6.07) is 4.71. The maximum atomic E-state index is 13.3. The van der Waals surface area contributed by atoms with Crippen molar-refractivity contribution in [2.75, 3.05) is 0 Å². The Balaban J connectivity index is 2.33. The first-order valence-electron chi connectivity index (χ1n) is 5.08. The van der Waals surface area contributed by atoms with Gasteiger partial charge in [-0.1, -0.05) is 12.1 Å². The number of carboxylic acid groups (broad SMARTS) is 1. The molecular formula is C12H13FO2. The molecule has 1 saturated carbocycles. The highest BCUT2D eigenvalue weighted by Gasteiger charge is 2.37. The van der Waals surface area contributed by atoms with E-state index in [-0.39, 0.29) is 11.7 Å². The summed E-state index contributed by atoms with van der Waals surface area (Å²) in [7, 11) is 0. The minimum absolute atomic E-state index is 0.199. The van der Waals surface area contributed by atoms with Crippen LogP contribution >= 0.6 is 0 Å². The van der Waals surface area contributed by atoms with Crippen LogP contribution in [0.2, 0.25) is 0 Å². The van der Waals surface area contributed by atoms with Gasteiger partial charge >= 0.3 is 5.97 Å². The summed E-state index contributed by atoms with van der Waals surface area (Å²) in [5.74, 6) is -1.50. The van der Waals surface area contributed by atoms with Crippen LogP contribution in [0.1, 0.15) is 29.9 Å². The number of rotatable bonds is 3. The Morgan fingerprint density at radius 1 is 1.53 bits per heavy atom. The first-order valence-corrected chi connectivity index (χ1v) is 5.08. The van der Waals surface area contributed by atoms with Gasteiger partial charge in [0.05, 0.1) is 5.92 Å². The van der Waals surface area contributed by atoms with Crippen molar-refractivity contribution in [3.8, 4) is 0 Å². The van der Waals surface area contributed by atoms with Gasteiger partial charge in [0.1, 0.15) is 5.82 Å². The van der Waals surface area contributed by atoms with Crippen LogP contribution in [0.4, 0.5) is 4.39 Å². The Morgan fingerprint density at radius 3 is 2.67 bits per heavy atom. The average molecular weight is 208 g/mol. The second-order valence-electron chi connectivity index (χ2n) is 4.16. The van der Waals surface area contributed by atoms with Crippen LogP contribution in [0.3, 0.4) is 0 Å². The minimum Gasteiger partial charge on any atom is -0.481 e. The van der Waals surface area contributed by atoms with E-state index < -0.39 is 11.9 Å². The molecule has 1 aromatic carbocycles. The van der Waals surface area contributed by atoms with E-state index in [1.807, 2.05) is 0 Å². The van der Waals surface area contributed by atoms with Gasteiger partial charge in [-0.2, -0.15) is 0 Å². The highest BCUT2D eigenvalue weighted by atomic mass is 19.1. The van der Waals surface area contributed by atoms with E-state index in [0.717, 1.165) is 12.8 Å². The lowest BCUT2D eigenvalue weighted by molar-refractivity contribution is -0.139. The van der Waals surface area contributed by atoms with Crippen LogP contribution in [0.5, 0.6) is 0 Å². The summed E-state index contributed by atoms with van der Waals surface area (Å²) in [4.78, 5) is 11.1. The van der Waals surface area contributed by atoms with Crippen molar-refractivity contribution in [3.05, 3.63) is 35.1 Å². The summed E-state index contributed by atoms with van der Waals surface area (Å²) in [6.07, 6.45) is 1.87. The first-order chi connectivity index (χ1) is 7.09. The summed E-state index contributed by atoms with van der Waals surface area (Å²) in [5.41, 5.74) is 1.15. The van der Waals surface area contributed by atoms with Crippen molar-refractivity contribution in [2.45, 2.75) is 25.7 Å². The van der Waals surface area contributed by atoms with Gasteiger partial charge in [0.2, 0.25) is 0 Å². The monoisotopic (exact) mass is 208 g/mol. The molecule has 80 valence electrons. The number of halogens is 1. The number of benzene rings is 1. The van der Waals surface area contributed by atoms with Gasteiger partial charge in [0.15, 0.2) is 0 Å². The topological polar surface area (TPSA) is 37.3 Å². The largest absolute Gasteiger partial charge is 0.481 e. The van der Waals surface area contributed by atoms with E-state index in [1.165, 1.54) is 6.07 Å². The van der Waals surface area contributed by atoms with Crippen molar-refractivity contribution >= 4 is 5.97 Å². The molecule has 1 fully saturated rings. The number of aryl methyl sites for hydroxylation is 1. The fourth-order valence-corrected chi connectivity index (χ4v) is 1.85. The maximum absolute atomic E-state index is 13.3. The van der Waals surface area contributed by atoms with Gasteiger partial charge in [-0.25, -0.2) is 4.39 Å². The van der Waals surface area contributed by atoms with Crippen LogP contribution in [0.25, 0.3) is 0 Å². The Labute approximate surface area is 87.7 Å². The van der Waals surface area contributed by atoms with Gasteiger partial charge in [-0.3, -0.25) is 4.79 Å². The molecule has 0 bridgehead atoms. The van der Waals surface area contributed by atoms with Crippen LogP contribution in [-0.4, -0.2) is 11.1 Å². The molecule has 1 N–H and O–H groups in total. The second kappa shape index (κ2) is 3.65. The molecule has 1 aliphatic carbocycles. The summed E-state index contributed by atoms with van der Waals surface area (Å²) >= 11 is 0. The zero-order valence-corrected chi connectivity index (χ0v) is 8.53. The maximum Gasteiger partial charge on any atom is 0.311 e. The lowest BCUT2D eigenvalue weighted by Gasteiger charge is -2.12. The predicted octanol–water partition coefficient (Wildman–Crippen LogP) is 2.71. The molecule has 1 aliphatic rings. The quantitative estimate of drug-likeness (QED) is 0.829. The molecule has 2 rings (SSSR count). The van der Waals surface area contributed by atoms with Crippen LogP contribution in [-0.2, 0) is 4.79 Å². The van der Waals surface area contributed by atoms with E-state index in [4.69, 9.17) is 5.11 Å². The average Bonchev–Trinajstić information content (AvgIpc) is 2.95. The Hall–Kier alpha value is -1.38. The van der Waals surface area contributed by atoms with Gasteiger partial charge in [-0.15, -0.1) is 0 Å². The number of hydrogen-bond acceptors (Lipinski definition) is 1. The first kappa shape index (κ1) is 10.1. The van der Waals surface area contributed by atoms with Crippen LogP contribution in [0.15, 0.2) is 18.2 Å². The number of aliphatic carboxylic acids is 1. The molecule has 2 nitrogen and oxygen atoms in total. The zero-order chi connectivity index (χ0) is 11.0. The van der Waals surface area contributed by atoms with E-state index in [1.54, 1.807) is 19.1 Å². The fraction of sp³-hybridized carbons (Fsp3) is 0.417. The SMILES string of the molecule is Cc1ccc(C(C(=O)O)C2CC2)cc1F. The second-order valence-corrected chi connectivity index (χ2v) is 4.16. The molecule has 0 heterocycles. The Morgan fingerprint density at radius 2 is 2.20 bits per heavy atom. The van der Waals surface area contributed by atoms with E-state index >= 15 is 0 Å². The molecule has 0 radical (unpaired) electrons. The van der Waals surface area contributed by atoms with Crippen molar-refractivity contribution in [3.63, 3.8) is 0 Å². The Bertz CT molecular complexity index is 397. The normalized spacial score (nSPS) is 17.5. The van der Waals surface area contributed by atoms with E-state index in [0.29, 0.717) is 11.1 Å². The zero-order valence-electron chi connectivity index (χ0n) is 8.53. The minimum atomic E-state index is -0.847. The van der Waals surface area contributed by atoms with Crippen LogP contribution < -0.4 is 0 Å². The number of hydrogen-bond donors (Lipinski definition) is 1. The molecule has 3 heteroatoms. The van der Waals surface area contributed by atoms with Crippen LogP contribution in [0, 0.1) is 18.7 Å². The lowest BCUT2D eigenvalue weighted by Crippen LogP contribution is -2.13. The van der Waals surface area contributed by atoms with Gasteiger partial charge in [0, 0.05) is 0 Å². The van der Waals surface area contributed by atoms with Gasteiger partial charge in [0.25, 0.3) is 0 Å². The highest BCUT2D eigenvalue weighted by molar-refractivity contribution is 5.77. The van der Waals surface area contributed by atoms with Crippen molar-refractivity contribution in [2.24, 2.45) is 5.92 Å². The summed E-state index contributed by atoms with van der Waals surface area (Å²) in [6.45, 7) is 1.67. The summed E-state index contributed by atoms with van der Waals surface area (Å²) < 4.78 is 13.3. The molecule has 0 saturated heterocycles. The number of carboxylic acids is 1. The van der Waals surface area contributed by atoms with Gasteiger partial charge in [-0.05, 0) is 42.9 Å². The third-order valence-corrected chi connectivity index (χ3v) is 2.91. The molecular weight excluding hydrogens is 195 g/mol. The molecule has 15 heavy (non-hydrogen) atoms. The molecule has 1 unspecified atom stereocenters.